The Bertz CT molecular complexity index is 962. The van der Waals surface area contributed by atoms with Gasteiger partial charge in [-0.15, -0.1) is 42.3 Å². The summed E-state index contributed by atoms with van der Waals surface area (Å²) < 4.78 is 2.04. The second-order valence-electron chi connectivity index (χ2n) is 7.00. The lowest BCUT2D eigenvalue weighted by atomic mass is 9.99. The smallest absolute Gasteiger partial charge is 0.174 e. The van der Waals surface area contributed by atoms with Crippen molar-refractivity contribution in [3.8, 4) is 0 Å². The normalized spacial score (nSPS) is 14.9. The number of hydrogen-bond donors (Lipinski definition) is 0. The highest BCUT2D eigenvalue weighted by Gasteiger charge is 2.18. The van der Waals surface area contributed by atoms with E-state index in [1.165, 1.54) is 32.1 Å². The third kappa shape index (κ3) is 2.55. The molecule has 2 aromatic rings. The molecular formula is C20H23NSi. The van der Waals surface area contributed by atoms with Crippen molar-refractivity contribution in [3.05, 3.63) is 82.7 Å². The summed E-state index contributed by atoms with van der Waals surface area (Å²) in [5, 5.41) is 5.19. The Kier molecular flexibility index (Phi) is 3.57. The van der Waals surface area contributed by atoms with E-state index in [9.17, 15) is 0 Å². The number of aryl methyl sites for hydroxylation is 1. The maximum atomic E-state index is 4.26. The van der Waals surface area contributed by atoms with Gasteiger partial charge in [0, 0.05) is 16.5 Å². The molecule has 1 aliphatic rings. The van der Waals surface area contributed by atoms with Gasteiger partial charge in [-0.3, -0.25) is 0 Å². The average Bonchev–Trinajstić information content (AvgIpc) is 2.47. The molecule has 0 radical (unpaired) electrons. The Balaban J connectivity index is 2.49. The standard InChI is InChI=1S/C20H23NSi/c1-15-10-11-16-8-6-7-9-18(16)20(15)19-13-12-17(14-21(19)2)22(3,4)5/h6-14H,2H2,1,3-5H3. The van der Waals surface area contributed by atoms with Gasteiger partial charge in [0.15, 0.2) is 6.20 Å². The number of hydrogen-bond acceptors (Lipinski definition) is 0. The summed E-state index contributed by atoms with van der Waals surface area (Å²) in [4.78, 5) is 0. The number of nitrogens with zero attached hydrogens (tertiary/aromatic N) is 1. The van der Waals surface area contributed by atoms with Crippen molar-refractivity contribution in [2.45, 2.75) is 26.6 Å². The van der Waals surface area contributed by atoms with E-state index in [0.717, 1.165) is 0 Å². The van der Waals surface area contributed by atoms with Gasteiger partial charge in [0.25, 0.3) is 0 Å². The van der Waals surface area contributed by atoms with E-state index < -0.39 is 8.07 Å². The molecule has 1 heterocycles. The SMILES string of the molecule is C=[n+]1cc([Si](C)(C)C)ccc1=c1c(C)ccc2c1=CC=C[CH-]2. The van der Waals surface area contributed by atoms with Crippen molar-refractivity contribution in [1.82, 2.24) is 0 Å². The van der Waals surface area contributed by atoms with Crippen molar-refractivity contribution < 1.29 is 4.24 Å². The summed E-state index contributed by atoms with van der Waals surface area (Å²) in [6, 6.07) is 8.90. The van der Waals surface area contributed by atoms with E-state index in [1.54, 1.807) is 0 Å². The molecule has 2 heteroatoms. The van der Waals surface area contributed by atoms with Crippen LogP contribution in [-0.2, 0) is 0 Å². The molecule has 0 aliphatic heterocycles. The molecule has 0 amide bonds. The van der Waals surface area contributed by atoms with E-state index in [-0.39, 0.29) is 0 Å². The summed E-state index contributed by atoms with van der Waals surface area (Å²) in [5.41, 5.74) is 2.56. The lowest BCUT2D eigenvalue weighted by Crippen LogP contribution is -2.41. The minimum absolute atomic E-state index is 1.18. The molecule has 0 unspecified atom stereocenters. The predicted molar refractivity (Wildman–Crippen MR) is 95.9 cm³/mol. The minimum Gasteiger partial charge on any atom is -0.174 e. The molecule has 0 fully saturated rings. The van der Waals surface area contributed by atoms with Crippen LogP contribution in [0.3, 0.4) is 0 Å². The van der Waals surface area contributed by atoms with Crippen LogP contribution in [0, 0.1) is 30.6 Å². The Hall–Kier alpha value is -2.06. The maximum absolute atomic E-state index is 4.26. The number of aromatic nitrogens is 1. The second-order valence-corrected chi connectivity index (χ2v) is 12.1. The molecule has 3 rings (SSSR count). The van der Waals surface area contributed by atoms with Crippen molar-refractivity contribution in [3.63, 3.8) is 0 Å². The summed E-state index contributed by atoms with van der Waals surface area (Å²) in [6.45, 7) is 13.5. The molecule has 1 aromatic heterocycles. The van der Waals surface area contributed by atoms with Crippen LogP contribution in [0.25, 0.3) is 6.08 Å². The van der Waals surface area contributed by atoms with Crippen LogP contribution in [0.4, 0.5) is 0 Å². The lowest BCUT2D eigenvalue weighted by Gasteiger charge is -2.14. The van der Waals surface area contributed by atoms with Crippen LogP contribution >= 0.6 is 0 Å². The van der Waals surface area contributed by atoms with Crippen molar-refractivity contribution in [2.24, 2.45) is 0 Å². The van der Waals surface area contributed by atoms with Gasteiger partial charge in [0.1, 0.15) is 6.72 Å². The average molecular weight is 305 g/mol. The van der Waals surface area contributed by atoms with Gasteiger partial charge >= 0.3 is 0 Å². The van der Waals surface area contributed by atoms with Crippen molar-refractivity contribution in [2.75, 3.05) is 0 Å². The lowest BCUT2D eigenvalue weighted by molar-refractivity contribution is -0.509. The topological polar surface area (TPSA) is 5.90 Å². The van der Waals surface area contributed by atoms with E-state index >= 15 is 0 Å². The predicted octanol–water partition coefficient (Wildman–Crippen LogP) is 2.66. The van der Waals surface area contributed by atoms with Crippen LogP contribution < -0.4 is 14.6 Å². The summed E-state index contributed by atoms with van der Waals surface area (Å²) in [5.74, 6) is 0. The van der Waals surface area contributed by atoms with Crippen LogP contribution in [0.5, 0.6) is 0 Å². The van der Waals surface area contributed by atoms with Crippen LogP contribution in [0.15, 0.2) is 42.6 Å². The molecule has 1 aromatic carbocycles. The van der Waals surface area contributed by atoms with E-state index in [4.69, 9.17) is 0 Å². The van der Waals surface area contributed by atoms with Crippen LogP contribution in [0.2, 0.25) is 19.6 Å². The fraction of sp³-hybridized carbons (Fsp3) is 0.200. The van der Waals surface area contributed by atoms with Gasteiger partial charge in [0.2, 0.25) is 5.35 Å². The zero-order valence-electron chi connectivity index (χ0n) is 13.9. The zero-order valence-corrected chi connectivity index (χ0v) is 14.9. The quantitative estimate of drug-likeness (QED) is 0.434. The number of allylic oxidation sites excluding steroid dienone is 2. The number of fused-ring (bicyclic) bond motifs is 1. The fourth-order valence-corrected chi connectivity index (χ4v) is 4.06. The van der Waals surface area contributed by atoms with Gasteiger partial charge in [-0.2, -0.15) is 4.24 Å². The molecule has 0 atom stereocenters. The zero-order chi connectivity index (χ0) is 15.9. The monoisotopic (exact) mass is 305 g/mol. The third-order valence-corrected chi connectivity index (χ3v) is 6.31. The highest BCUT2D eigenvalue weighted by atomic mass is 28.3. The molecule has 1 aliphatic carbocycles. The van der Waals surface area contributed by atoms with Crippen LogP contribution in [-0.4, -0.2) is 8.07 Å². The summed E-state index contributed by atoms with van der Waals surface area (Å²) in [7, 11) is -1.32. The molecule has 112 valence electrons. The molecule has 0 spiro atoms. The van der Waals surface area contributed by atoms with Gasteiger partial charge in [0.05, 0.1) is 8.07 Å². The van der Waals surface area contributed by atoms with E-state index in [2.05, 4.69) is 88.4 Å². The third-order valence-electron chi connectivity index (χ3n) is 4.28. The van der Waals surface area contributed by atoms with Gasteiger partial charge < -0.3 is 0 Å². The summed E-state index contributed by atoms with van der Waals surface area (Å²) in [6.07, 6.45) is 10.8. The van der Waals surface area contributed by atoms with Crippen molar-refractivity contribution >= 4 is 19.3 Å². The maximum Gasteiger partial charge on any atom is 0.208 e. The van der Waals surface area contributed by atoms with Crippen LogP contribution in [0.1, 0.15) is 11.1 Å². The van der Waals surface area contributed by atoms with Crippen molar-refractivity contribution in [1.29, 1.82) is 0 Å². The Morgan fingerprint density at radius 2 is 1.86 bits per heavy atom. The number of pyridine rings is 1. The molecule has 0 saturated carbocycles. The number of rotatable bonds is 1. The van der Waals surface area contributed by atoms with E-state index in [1.807, 2.05) is 4.24 Å². The van der Waals surface area contributed by atoms with Gasteiger partial charge in [-0.05, 0) is 6.92 Å². The minimum atomic E-state index is -1.32. The highest BCUT2D eigenvalue weighted by Crippen LogP contribution is 2.07. The molecule has 22 heavy (non-hydrogen) atoms. The molecular weight excluding hydrogens is 282 g/mol. The first-order chi connectivity index (χ1) is 10.4. The highest BCUT2D eigenvalue weighted by molar-refractivity contribution is 6.88. The molecule has 1 nitrogen and oxygen atoms in total. The summed E-state index contributed by atoms with van der Waals surface area (Å²) >= 11 is 0. The first kappa shape index (κ1) is 14.9. The number of benzene rings is 1. The Morgan fingerprint density at radius 1 is 1.09 bits per heavy atom. The van der Waals surface area contributed by atoms with Gasteiger partial charge in [-0.25, -0.2) is 0 Å². The largest absolute Gasteiger partial charge is 0.208 e. The van der Waals surface area contributed by atoms with Gasteiger partial charge in [-0.1, -0.05) is 36.5 Å². The Morgan fingerprint density at radius 3 is 2.55 bits per heavy atom. The molecule has 0 N–H and O–H groups in total. The first-order valence-electron chi connectivity index (χ1n) is 7.74. The molecule has 0 bridgehead atoms. The molecule has 0 saturated heterocycles. The Labute approximate surface area is 133 Å². The van der Waals surface area contributed by atoms with E-state index in [0.29, 0.717) is 0 Å². The fourth-order valence-electron chi connectivity index (χ4n) is 2.94. The second kappa shape index (κ2) is 5.29. The first-order valence-corrected chi connectivity index (χ1v) is 11.2.